The lowest BCUT2D eigenvalue weighted by atomic mass is 10.00. The number of benzene rings is 2. The van der Waals surface area contributed by atoms with Crippen LogP contribution in [0.25, 0.3) is 0 Å². The molecule has 0 unspecified atom stereocenters. The quantitative estimate of drug-likeness (QED) is 0.854. The van der Waals surface area contributed by atoms with E-state index in [9.17, 15) is 8.42 Å². The van der Waals surface area contributed by atoms with Crippen molar-refractivity contribution in [3.05, 3.63) is 60.2 Å². The number of anilines is 1. The largest absolute Gasteiger partial charge is 0.369 e. The Morgan fingerprint density at radius 1 is 0.833 bits per heavy atom. The molecule has 0 N–H and O–H groups in total. The molecule has 2 aromatic rings. The summed E-state index contributed by atoms with van der Waals surface area (Å²) in [7, 11) is -3.39. The van der Waals surface area contributed by atoms with Crippen molar-refractivity contribution in [1.82, 2.24) is 4.31 Å². The minimum atomic E-state index is -3.39. The van der Waals surface area contributed by atoms with Crippen LogP contribution in [-0.4, -0.2) is 38.9 Å². The topological polar surface area (TPSA) is 40.6 Å². The van der Waals surface area contributed by atoms with Crippen LogP contribution in [0.2, 0.25) is 0 Å². The van der Waals surface area contributed by atoms with E-state index in [2.05, 4.69) is 36.9 Å². The molecule has 0 aliphatic carbocycles. The van der Waals surface area contributed by atoms with Crippen molar-refractivity contribution in [2.45, 2.75) is 24.7 Å². The van der Waals surface area contributed by atoms with Gasteiger partial charge in [-0.3, -0.25) is 0 Å². The molecule has 0 bridgehead atoms. The summed E-state index contributed by atoms with van der Waals surface area (Å²) in [5, 5.41) is 0. The molecule has 3 rings (SSSR count). The molecule has 128 valence electrons. The van der Waals surface area contributed by atoms with Crippen LogP contribution in [0.4, 0.5) is 5.69 Å². The summed E-state index contributed by atoms with van der Waals surface area (Å²) < 4.78 is 27.0. The first-order valence-electron chi connectivity index (χ1n) is 8.39. The highest BCUT2D eigenvalue weighted by Crippen LogP contribution is 2.28. The molecule has 0 aromatic heterocycles. The van der Waals surface area contributed by atoms with Gasteiger partial charge in [-0.05, 0) is 29.7 Å². The second-order valence-electron chi connectivity index (χ2n) is 6.42. The van der Waals surface area contributed by atoms with Gasteiger partial charge in [-0.2, -0.15) is 4.31 Å². The van der Waals surface area contributed by atoms with E-state index in [1.807, 2.05) is 12.1 Å². The standard InChI is InChI=1S/C19H24N2O2S/c1-16(2)18-10-6-7-11-19(18)20-12-14-21(15-13-20)24(22,23)17-8-4-3-5-9-17/h3-11,16H,12-15H2,1-2H3. The summed E-state index contributed by atoms with van der Waals surface area (Å²) >= 11 is 0. The van der Waals surface area contributed by atoms with Crippen molar-refractivity contribution in [3.63, 3.8) is 0 Å². The van der Waals surface area contributed by atoms with Crippen LogP contribution >= 0.6 is 0 Å². The van der Waals surface area contributed by atoms with Crippen molar-refractivity contribution >= 4 is 15.7 Å². The molecule has 24 heavy (non-hydrogen) atoms. The fourth-order valence-electron chi connectivity index (χ4n) is 3.17. The third-order valence-corrected chi connectivity index (χ3v) is 6.43. The average Bonchev–Trinajstić information content (AvgIpc) is 2.62. The van der Waals surface area contributed by atoms with Gasteiger partial charge in [0.15, 0.2) is 0 Å². The van der Waals surface area contributed by atoms with Gasteiger partial charge in [-0.15, -0.1) is 0 Å². The van der Waals surface area contributed by atoms with Gasteiger partial charge in [0.25, 0.3) is 0 Å². The summed E-state index contributed by atoms with van der Waals surface area (Å²) in [5.74, 6) is 0.451. The van der Waals surface area contributed by atoms with Crippen LogP contribution in [0.3, 0.4) is 0 Å². The van der Waals surface area contributed by atoms with Gasteiger partial charge in [-0.1, -0.05) is 50.2 Å². The zero-order valence-electron chi connectivity index (χ0n) is 14.2. The molecule has 1 heterocycles. The summed E-state index contributed by atoms with van der Waals surface area (Å²) in [6, 6.07) is 17.1. The Bertz CT molecular complexity index is 780. The molecule has 1 aliphatic rings. The van der Waals surface area contributed by atoms with E-state index in [0.717, 1.165) is 13.1 Å². The molecule has 1 saturated heterocycles. The summed E-state index contributed by atoms with van der Waals surface area (Å²) in [6.07, 6.45) is 0. The number of para-hydroxylation sites is 1. The number of rotatable bonds is 4. The molecular formula is C19H24N2O2S. The van der Waals surface area contributed by atoms with E-state index in [1.54, 1.807) is 28.6 Å². The fourth-order valence-corrected chi connectivity index (χ4v) is 4.62. The smallest absolute Gasteiger partial charge is 0.243 e. The molecule has 0 atom stereocenters. The Balaban J connectivity index is 1.75. The Morgan fingerprint density at radius 2 is 1.42 bits per heavy atom. The minimum Gasteiger partial charge on any atom is -0.369 e. The van der Waals surface area contributed by atoms with Crippen molar-refractivity contribution in [1.29, 1.82) is 0 Å². The van der Waals surface area contributed by atoms with Gasteiger partial charge in [0, 0.05) is 31.9 Å². The Hall–Kier alpha value is -1.85. The molecular weight excluding hydrogens is 320 g/mol. The molecule has 0 saturated carbocycles. The molecule has 5 heteroatoms. The Kier molecular flexibility index (Phi) is 4.92. The van der Waals surface area contributed by atoms with Crippen LogP contribution in [0.5, 0.6) is 0 Å². The van der Waals surface area contributed by atoms with Gasteiger partial charge >= 0.3 is 0 Å². The third-order valence-electron chi connectivity index (χ3n) is 4.52. The number of piperazine rings is 1. The van der Waals surface area contributed by atoms with Gasteiger partial charge in [0.2, 0.25) is 10.0 Å². The Morgan fingerprint density at radius 3 is 2.04 bits per heavy atom. The third kappa shape index (κ3) is 3.32. The van der Waals surface area contributed by atoms with E-state index in [1.165, 1.54) is 11.3 Å². The molecule has 2 aromatic carbocycles. The second kappa shape index (κ2) is 6.95. The monoisotopic (exact) mass is 344 g/mol. The molecule has 0 radical (unpaired) electrons. The summed E-state index contributed by atoms with van der Waals surface area (Å²) in [5.41, 5.74) is 2.54. The highest BCUT2D eigenvalue weighted by atomic mass is 32.2. The number of hydrogen-bond donors (Lipinski definition) is 0. The molecule has 4 nitrogen and oxygen atoms in total. The maximum atomic E-state index is 12.7. The minimum absolute atomic E-state index is 0.376. The van der Waals surface area contributed by atoms with Gasteiger partial charge in [-0.25, -0.2) is 8.42 Å². The van der Waals surface area contributed by atoms with Gasteiger partial charge in [0.05, 0.1) is 4.90 Å². The SMILES string of the molecule is CC(C)c1ccccc1N1CCN(S(=O)(=O)c2ccccc2)CC1. The normalized spacial score (nSPS) is 16.5. The predicted molar refractivity (Wildman–Crippen MR) is 97.9 cm³/mol. The van der Waals surface area contributed by atoms with Crippen molar-refractivity contribution in [3.8, 4) is 0 Å². The van der Waals surface area contributed by atoms with Gasteiger partial charge in [0.1, 0.15) is 0 Å². The van der Waals surface area contributed by atoms with E-state index < -0.39 is 10.0 Å². The number of nitrogens with zero attached hydrogens (tertiary/aromatic N) is 2. The van der Waals surface area contributed by atoms with Crippen molar-refractivity contribution in [2.75, 3.05) is 31.1 Å². The summed E-state index contributed by atoms with van der Waals surface area (Å²) in [4.78, 5) is 2.67. The first kappa shape index (κ1) is 17.0. The molecule has 1 fully saturated rings. The van der Waals surface area contributed by atoms with Gasteiger partial charge < -0.3 is 4.90 Å². The lowest BCUT2D eigenvalue weighted by molar-refractivity contribution is 0.384. The maximum absolute atomic E-state index is 12.7. The predicted octanol–water partition coefficient (Wildman–Crippen LogP) is 3.32. The number of hydrogen-bond acceptors (Lipinski definition) is 3. The zero-order valence-corrected chi connectivity index (χ0v) is 15.0. The lowest BCUT2D eigenvalue weighted by Gasteiger charge is -2.36. The molecule has 1 aliphatic heterocycles. The van der Waals surface area contributed by atoms with Crippen molar-refractivity contribution in [2.24, 2.45) is 0 Å². The molecule has 0 amide bonds. The summed E-state index contributed by atoms with van der Waals surface area (Å²) in [6.45, 7) is 6.85. The first-order chi connectivity index (χ1) is 11.5. The fraction of sp³-hybridized carbons (Fsp3) is 0.368. The average molecular weight is 344 g/mol. The highest BCUT2D eigenvalue weighted by Gasteiger charge is 2.29. The lowest BCUT2D eigenvalue weighted by Crippen LogP contribution is -2.48. The molecule has 0 spiro atoms. The van der Waals surface area contributed by atoms with E-state index in [-0.39, 0.29) is 0 Å². The van der Waals surface area contributed by atoms with E-state index >= 15 is 0 Å². The Labute approximate surface area is 144 Å². The van der Waals surface area contributed by atoms with E-state index in [0.29, 0.717) is 23.9 Å². The number of sulfonamides is 1. The van der Waals surface area contributed by atoms with Crippen LogP contribution in [0.1, 0.15) is 25.3 Å². The maximum Gasteiger partial charge on any atom is 0.243 e. The van der Waals surface area contributed by atoms with Crippen LogP contribution < -0.4 is 4.90 Å². The van der Waals surface area contributed by atoms with Crippen LogP contribution in [-0.2, 0) is 10.0 Å². The highest BCUT2D eigenvalue weighted by molar-refractivity contribution is 7.89. The van der Waals surface area contributed by atoms with Crippen LogP contribution in [0.15, 0.2) is 59.5 Å². The van der Waals surface area contributed by atoms with Crippen LogP contribution in [0, 0.1) is 0 Å². The first-order valence-corrected chi connectivity index (χ1v) is 9.83. The van der Waals surface area contributed by atoms with Crippen molar-refractivity contribution < 1.29 is 8.42 Å². The second-order valence-corrected chi connectivity index (χ2v) is 8.36. The zero-order chi connectivity index (χ0) is 17.2. The van der Waals surface area contributed by atoms with E-state index in [4.69, 9.17) is 0 Å².